The van der Waals surface area contributed by atoms with Crippen molar-refractivity contribution in [3.8, 4) is 0 Å². The summed E-state index contributed by atoms with van der Waals surface area (Å²) in [5, 5.41) is 3.53. The number of rotatable bonds is 4. The number of benzene rings is 1. The van der Waals surface area contributed by atoms with Crippen molar-refractivity contribution in [2.45, 2.75) is 45.8 Å². The topological polar surface area (TPSA) is 59.5 Å². The van der Waals surface area contributed by atoms with Crippen molar-refractivity contribution in [1.82, 2.24) is 9.97 Å². The van der Waals surface area contributed by atoms with Gasteiger partial charge in [-0.3, -0.25) is 0 Å². The lowest BCUT2D eigenvalue weighted by atomic mass is 10.0. The minimum Gasteiger partial charge on any atom is -0.347 e. The first kappa shape index (κ1) is 18.2. The van der Waals surface area contributed by atoms with Gasteiger partial charge in [0.2, 0.25) is 5.95 Å². The van der Waals surface area contributed by atoms with Crippen LogP contribution in [-0.4, -0.2) is 42.1 Å². The maximum Gasteiger partial charge on any atom is 0.227 e. The molecule has 2 fully saturated rings. The van der Waals surface area contributed by atoms with E-state index in [0.717, 1.165) is 55.5 Å². The van der Waals surface area contributed by atoms with Gasteiger partial charge in [0, 0.05) is 43.4 Å². The molecule has 1 aromatic heterocycles. The first-order valence-corrected chi connectivity index (χ1v) is 9.83. The van der Waals surface area contributed by atoms with Crippen LogP contribution in [0.4, 0.5) is 17.5 Å². The van der Waals surface area contributed by atoms with E-state index in [4.69, 9.17) is 14.5 Å². The van der Waals surface area contributed by atoms with Gasteiger partial charge in [0.1, 0.15) is 5.82 Å². The smallest absolute Gasteiger partial charge is 0.227 e. The second kappa shape index (κ2) is 7.44. The molecular formula is C21H28N4O2. The average molecular weight is 368 g/mol. The summed E-state index contributed by atoms with van der Waals surface area (Å²) in [5.41, 5.74) is 4.63. The van der Waals surface area contributed by atoms with Gasteiger partial charge in [-0.05, 0) is 31.4 Å². The molecule has 144 valence electrons. The van der Waals surface area contributed by atoms with Crippen LogP contribution in [0.25, 0.3) is 0 Å². The second-order valence-corrected chi connectivity index (χ2v) is 7.38. The van der Waals surface area contributed by atoms with Crippen LogP contribution in [0.15, 0.2) is 24.3 Å². The van der Waals surface area contributed by atoms with E-state index in [9.17, 15) is 0 Å². The second-order valence-electron chi connectivity index (χ2n) is 7.38. The molecule has 1 N–H and O–H groups in total. The van der Waals surface area contributed by atoms with Crippen LogP contribution in [0.3, 0.4) is 0 Å². The monoisotopic (exact) mass is 368 g/mol. The molecule has 0 unspecified atom stereocenters. The summed E-state index contributed by atoms with van der Waals surface area (Å²) in [6, 6.07) is 8.40. The number of hydrogen-bond donors (Lipinski definition) is 1. The van der Waals surface area contributed by atoms with Crippen LogP contribution in [0.2, 0.25) is 0 Å². The lowest BCUT2D eigenvalue weighted by Crippen LogP contribution is -2.45. The molecule has 0 amide bonds. The summed E-state index contributed by atoms with van der Waals surface area (Å²) in [4.78, 5) is 11.7. The number of nitrogens with one attached hydrogen (secondary N) is 1. The molecule has 6 nitrogen and oxygen atoms in total. The molecule has 3 heterocycles. The van der Waals surface area contributed by atoms with Crippen molar-refractivity contribution in [2.75, 3.05) is 36.5 Å². The molecule has 0 atom stereocenters. The molecule has 2 saturated heterocycles. The molecule has 0 aliphatic carbocycles. The van der Waals surface area contributed by atoms with Crippen molar-refractivity contribution in [2.24, 2.45) is 0 Å². The quantitative estimate of drug-likeness (QED) is 0.887. The molecule has 0 bridgehead atoms. The summed E-state index contributed by atoms with van der Waals surface area (Å²) in [5.74, 6) is 1.24. The fraction of sp³-hybridized carbons (Fsp3) is 0.524. The van der Waals surface area contributed by atoms with Crippen LogP contribution < -0.4 is 10.2 Å². The highest BCUT2D eigenvalue weighted by molar-refractivity contribution is 5.65. The molecule has 2 aliphatic rings. The van der Waals surface area contributed by atoms with Crippen LogP contribution in [0, 0.1) is 13.8 Å². The van der Waals surface area contributed by atoms with Crippen LogP contribution in [0.1, 0.15) is 36.6 Å². The Labute approximate surface area is 160 Å². The Morgan fingerprint density at radius 3 is 2.56 bits per heavy atom. The summed E-state index contributed by atoms with van der Waals surface area (Å²) < 4.78 is 11.7. The van der Waals surface area contributed by atoms with Gasteiger partial charge in [-0.2, -0.15) is 4.98 Å². The lowest BCUT2D eigenvalue weighted by Gasteiger charge is -2.37. The van der Waals surface area contributed by atoms with Crippen LogP contribution in [0.5, 0.6) is 0 Å². The van der Waals surface area contributed by atoms with Gasteiger partial charge in [-0.1, -0.05) is 25.1 Å². The maximum atomic E-state index is 5.83. The molecule has 2 aliphatic heterocycles. The van der Waals surface area contributed by atoms with E-state index in [1.54, 1.807) is 0 Å². The molecule has 6 heteroatoms. The minimum atomic E-state index is -0.376. The Morgan fingerprint density at radius 1 is 1.11 bits per heavy atom. The SMILES string of the molecule is CCc1cccc(C)c1Nc1cc(C)nc(N2CCC3(CC2)OCCO3)n1. The third kappa shape index (κ3) is 3.77. The zero-order valence-electron chi connectivity index (χ0n) is 16.4. The number of hydrogen-bond acceptors (Lipinski definition) is 6. The number of anilines is 3. The number of aromatic nitrogens is 2. The molecule has 1 spiro atoms. The van der Waals surface area contributed by atoms with Gasteiger partial charge in [0.05, 0.1) is 13.2 Å². The van der Waals surface area contributed by atoms with E-state index in [1.165, 1.54) is 11.1 Å². The van der Waals surface area contributed by atoms with Crippen molar-refractivity contribution in [3.63, 3.8) is 0 Å². The number of nitrogens with zero attached hydrogens (tertiary/aromatic N) is 3. The standard InChI is InChI=1S/C21H28N4O2/c1-4-17-7-5-6-15(2)19(17)23-18-14-16(3)22-20(24-18)25-10-8-21(9-11-25)26-12-13-27-21/h5-7,14H,4,8-13H2,1-3H3,(H,22,23,24). The van der Waals surface area contributed by atoms with E-state index >= 15 is 0 Å². The third-order valence-corrected chi connectivity index (χ3v) is 5.46. The van der Waals surface area contributed by atoms with E-state index in [0.29, 0.717) is 13.2 Å². The highest BCUT2D eigenvalue weighted by atomic mass is 16.7. The van der Waals surface area contributed by atoms with E-state index in [-0.39, 0.29) is 5.79 Å². The zero-order valence-corrected chi connectivity index (χ0v) is 16.4. The summed E-state index contributed by atoms with van der Waals surface area (Å²) in [6.07, 6.45) is 2.69. The van der Waals surface area contributed by atoms with Crippen LogP contribution >= 0.6 is 0 Å². The summed E-state index contributed by atoms with van der Waals surface area (Å²) in [7, 11) is 0. The van der Waals surface area contributed by atoms with Crippen LogP contribution in [-0.2, 0) is 15.9 Å². The Hall–Kier alpha value is -2.18. The van der Waals surface area contributed by atoms with Crippen molar-refractivity contribution in [3.05, 3.63) is 41.1 Å². The summed E-state index contributed by atoms with van der Waals surface area (Å²) in [6.45, 7) is 9.40. The Balaban J connectivity index is 1.54. The van der Waals surface area contributed by atoms with E-state index in [2.05, 4.69) is 47.2 Å². The number of piperidine rings is 1. The predicted octanol–water partition coefficient (Wildman–Crippen LogP) is 3.74. The molecule has 0 saturated carbocycles. The maximum absolute atomic E-state index is 5.83. The highest BCUT2D eigenvalue weighted by Crippen LogP contribution is 2.33. The Bertz CT molecular complexity index is 808. The average Bonchev–Trinajstić information content (AvgIpc) is 3.11. The molecule has 2 aromatic rings. The molecule has 27 heavy (non-hydrogen) atoms. The fourth-order valence-corrected chi connectivity index (χ4v) is 3.92. The Morgan fingerprint density at radius 2 is 1.85 bits per heavy atom. The van der Waals surface area contributed by atoms with E-state index in [1.807, 2.05) is 13.0 Å². The summed E-state index contributed by atoms with van der Waals surface area (Å²) >= 11 is 0. The van der Waals surface area contributed by atoms with Gasteiger partial charge < -0.3 is 19.7 Å². The number of aryl methyl sites for hydroxylation is 3. The number of para-hydroxylation sites is 1. The van der Waals surface area contributed by atoms with Gasteiger partial charge in [-0.25, -0.2) is 4.98 Å². The minimum absolute atomic E-state index is 0.376. The van der Waals surface area contributed by atoms with Gasteiger partial charge in [0.15, 0.2) is 5.79 Å². The number of ether oxygens (including phenoxy) is 2. The van der Waals surface area contributed by atoms with Crippen molar-refractivity contribution < 1.29 is 9.47 Å². The first-order chi connectivity index (χ1) is 13.1. The molecule has 0 radical (unpaired) electrons. The van der Waals surface area contributed by atoms with Gasteiger partial charge >= 0.3 is 0 Å². The fourth-order valence-electron chi connectivity index (χ4n) is 3.92. The normalized spacial score (nSPS) is 18.9. The first-order valence-electron chi connectivity index (χ1n) is 9.83. The largest absolute Gasteiger partial charge is 0.347 e. The van der Waals surface area contributed by atoms with Gasteiger partial charge in [0.25, 0.3) is 0 Å². The molecular weight excluding hydrogens is 340 g/mol. The molecule has 4 rings (SSSR count). The van der Waals surface area contributed by atoms with Crippen molar-refractivity contribution in [1.29, 1.82) is 0 Å². The van der Waals surface area contributed by atoms with Gasteiger partial charge in [-0.15, -0.1) is 0 Å². The molecule has 1 aromatic carbocycles. The van der Waals surface area contributed by atoms with E-state index < -0.39 is 0 Å². The van der Waals surface area contributed by atoms with Crippen molar-refractivity contribution >= 4 is 17.5 Å². The zero-order chi connectivity index (χ0) is 18.9. The highest BCUT2D eigenvalue weighted by Gasteiger charge is 2.40. The third-order valence-electron chi connectivity index (χ3n) is 5.46. The Kier molecular flexibility index (Phi) is 5.02. The lowest BCUT2D eigenvalue weighted by molar-refractivity contribution is -0.169. The predicted molar refractivity (Wildman–Crippen MR) is 107 cm³/mol.